The lowest BCUT2D eigenvalue weighted by Gasteiger charge is -2.23. The van der Waals surface area contributed by atoms with Gasteiger partial charge in [0.2, 0.25) is 0 Å². The highest BCUT2D eigenvalue weighted by Crippen LogP contribution is 2.42. The van der Waals surface area contributed by atoms with Gasteiger partial charge >= 0.3 is 0 Å². The van der Waals surface area contributed by atoms with Crippen molar-refractivity contribution in [2.24, 2.45) is 0 Å². The lowest BCUT2D eigenvalue weighted by atomic mass is 9.82. The molecule has 1 aliphatic carbocycles. The van der Waals surface area contributed by atoms with Crippen molar-refractivity contribution < 1.29 is 5.11 Å². The van der Waals surface area contributed by atoms with E-state index in [9.17, 15) is 5.11 Å². The van der Waals surface area contributed by atoms with Crippen LogP contribution in [0.15, 0.2) is 24.3 Å². The normalized spacial score (nSPS) is 18.5. The Labute approximate surface area is 128 Å². The number of benzene rings is 2. The number of hydrogen-bond acceptors (Lipinski definition) is 1. The Balaban J connectivity index is 2.34. The second kappa shape index (κ2) is 4.33. The van der Waals surface area contributed by atoms with Gasteiger partial charge in [0.05, 0.1) is 6.10 Å². The molecule has 1 unspecified atom stereocenters. The van der Waals surface area contributed by atoms with Gasteiger partial charge in [-0.05, 0) is 43.9 Å². The van der Waals surface area contributed by atoms with Crippen molar-refractivity contribution in [1.29, 1.82) is 0 Å². The molecule has 1 N–H and O–H groups in total. The van der Waals surface area contributed by atoms with Crippen molar-refractivity contribution in [2.75, 3.05) is 0 Å². The molecular formula is C20H26O. The van der Waals surface area contributed by atoms with E-state index in [4.69, 9.17) is 0 Å². The van der Waals surface area contributed by atoms with Crippen LogP contribution >= 0.6 is 0 Å². The molecule has 0 saturated carbocycles. The topological polar surface area (TPSA) is 20.2 Å². The summed E-state index contributed by atoms with van der Waals surface area (Å²) >= 11 is 0. The molecule has 0 fully saturated rings. The van der Waals surface area contributed by atoms with Crippen LogP contribution in [0.1, 0.15) is 69.9 Å². The first kappa shape index (κ1) is 14.6. The third-order valence-corrected chi connectivity index (χ3v) is 4.67. The van der Waals surface area contributed by atoms with Crippen LogP contribution in [0.5, 0.6) is 0 Å². The summed E-state index contributed by atoms with van der Waals surface area (Å²) in [4.78, 5) is 0. The number of hydrogen-bond donors (Lipinski definition) is 1. The van der Waals surface area contributed by atoms with Crippen molar-refractivity contribution in [3.8, 4) is 0 Å². The van der Waals surface area contributed by atoms with E-state index in [-0.39, 0.29) is 16.9 Å². The minimum atomic E-state index is -0.347. The van der Waals surface area contributed by atoms with E-state index < -0.39 is 0 Å². The Hall–Kier alpha value is -1.34. The van der Waals surface area contributed by atoms with Crippen LogP contribution < -0.4 is 0 Å². The first-order chi connectivity index (χ1) is 9.57. The summed E-state index contributed by atoms with van der Waals surface area (Å²) in [7, 11) is 0. The van der Waals surface area contributed by atoms with Crippen LogP contribution in [0.4, 0.5) is 0 Å². The maximum atomic E-state index is 10.5. The molecule has 1 atom stereocenters. The first-order valence-corrected chi connectivity index (χ1v) is 7.87. The minimum Gasteiger partial charge on any atom is -0.388 e. The summed E-state index contributed by atoms with van der Waals surface area (Å²) < 4.78 is 0. The van der Waals surface area contributed by atoms with Crippen molar-refractivity contribution in [3.05, 3.63) is 46.5 Å². The number of rotatable bonds is 0. The van der Waals surface area contributed by atoms with Crippen molar-refractivity contribution >= 4 is 10.8 Å². The Morgan fingerprint density at radius 1 is 0.857 bits per heavy atom. The minimum absolute atomic E-state index is 0.102. The third-order valence-electron chi connectivity index (χ3n) is 4.67. The zero-order valence-electron chi connectivity index (χ0n) is 14.0. The molecule has 21 heavy (non-hydrogen) atoms. The molecule has 3 rings (SSSR count). The van der Waals surface area contributed by atoms with E-state index in [2.05, 4.69) is 65.8 Å². The average Bonchev–Trinajstić information content (AvgIpc) is 2.65. The largest absolute Gasteiger partial charge is 0.388 e. The van der Waals surface area contributed by atoms with Gasteiger partial charge in [0.15, 0.2) is 0 Å². The van der Waals surface area contributed by atoms with Gasteiger partial charge in [0.25, 0.3) is 0 Å². The van der Waals surface area contributed by atoms with Crippen LogP contribution in [0.25, 0.3) is 10.8 Å². The fourth-order valence-electron chi connectivity index (χ4n) is 3.25. The molecule has 2 aromatic carbocycles. The van der Waals surface area contributed by atoms with Crippen molar-refractivity contribution in [2.45, 2.75) is 64.9 Å². The van der Waals surface area contributed by atoms with Gasteiger partial charge in [-0.1, -0.05) is 65.8 Å². The molecule has 0 heterocycles. The summed E-state index contributed by atoms with van der Waals surface area (Å²) in [6, 6.07) is 9.13. The second-order valence-corrected chi connectivity index (χ2v) is 8.52. The highest BCUT2D eigenvalue weighted by Gasteiger charge is 2.27. The van der Waals surface area contributed by atoms with Gasteiger partial charge in [-0.3, -0.25) is 0 Å². The highest BCUT2D eigenvalue weighted by atomic mass is 16.3. The van der Waals surface area contributed by atoms with Gasteiger partial charge in [0.1, 0.15) is 0 Å². The van der Waals surface area contributed by atoms with Crippen LogP contribution in [-0.4, -0.2) is 5.11 Å². The quantitative estimate of drug-likeness (QED) is 0.719. The van der Waals surface area contributed by atoms with Gasteiger partial charge in [-0.15, -0.1) is 0 Å². The van der Waals surface area contributed by atoms with Crippen molar-refractivity contribution in [1.82, 2.24) is 0 Å². The molecule has 112 valence electrons. The van der Waals surface area contributed by atoms with E-state index in [0.29, 0.717) is 0 Å². The van der Waals surface area contributed by atoms with Crippen LogP contribution in [0.3, 0.4) is 0 Å². The Kier molecular flexibility index (Phi) is 3.01. The lowest BCUT2D eigenvalue weighted by molar-refractivity contribution is 0.185. The van der Waals surface area contributed by atoms with E-state index in [1.54, 1.807) is 0 Å². The highest BCUT2D eigenvalue weighted by molar-refractivity contribution is 5.93. The number of aliphatic hydroxyl groups is 1. The molecule has 0 saturated heterocycles. The molecule has 0 bridgehead atoms. The molecular weight excluding hydrogens is 256 g/mol. The first-order valence-electron chi connectivity index (χ1n) is 7.87. The molecule has 1 heteroatoms. The zero-order valence-corrected chi connectivity index (χ0v) is 14.0. The maximum absolute atomic E-state index is 10.5. The SMILES string of the molecule is CC(C)(C)c1cc2c3c(cc(C(C)(C)C)cc3c1)C(O)C2. The molecule has 0 spiro atoms. The molecule has 0 radical (unpaired) electrons. The smallest absolute Gasteiger partial charge is 0.0836 e. The number of aliphatic hydroxyl groups excluding tert-OH is 1. The van der Waals surface area contributed by atoms with Crippen LogP contribution in [0.2, 0.25) is 0 Å². The van der Waals surface area contributed by atoms with Gasteiger partial charge in [-0.25, -0.2) is 0 Å². The van der Waals surface area contributed by atoms with Crippen molar-refractivity contribution in [3.63, 3.8) is 0 Å². The second-order valence-electron chi connectivity index (χ2n) is 8.52. The predicted molar refractivity (Wildman–Crippen MR) is 90.0 cm³/mol. The van der Waals surface area contributed by atoms with Gasteiger partial charge < -0.3 is 5.11 Å². The fourth-order valence-corrected chi connectivity index (χ4v) is 3.25. The maximum Gasteiger partial charge on any atom is 0.0836 e. The summed E-state index contributed by atoms with van der Waals surface area (Å²) in [5, 5.41) is 13.0. The molecule has 0 aliphatic heterocycles. The summed E-state index contributed by atoms with van der Waals surface area (Å²) in [5.41, 5.74) is 5.33. The lowest BCUT2D eigenvalue weighted by Crippen LogP contribution is -2.13. The monoisotopic (exact) mass is 282 g/mol. The van der Waals surface area contributed by atoms with E-state index in [1.807, 2.05) is 0 Å². The third kappa shape index (κ3) is 2.38. The molecule has 2 aromatic rings. The summed E-state index contributed by atoms with van der Waals surface area (Å²) in [6.07, 6.45) is 0.406. The molecule has 1 nitrogen and oxygen atoms in total. The van der Waals surface area contributed by atoms with Gasteiger partial charge in [0, 0.05) is 6.42 Å². The Bertz CT molecular complexity index is 706. The molecule has 1 aliphatic rings. The predicted octanol–water partition coefficient (Wildman–Crippen LogP) is 5.02. The van der Waals surface area contributed by atoms with Gasteiger partial charge in [-0.2, -0.15) is 0 Å². The standard InChI is InChI=1S/C20H26O/c1-19(2,3)14-7-12-8-15(20(4,5)6)11-16-17(21)10-13(9-14)18(12)16/h7-9,11,17,21H,10H2,1-6H3. The summed E-state index contributed by atoms with van der Waals surface area (Å²) in [5.74, 6) is 0. The fraction of sp³-hybridized carbons (Fsp3) is 0.500. The zero-order chi connectivity index (χ0) is 15.6. The average molecular weight is 282 g/mol. The van der Waals surface area contributed by atoms with E-state index in [1.165, 1.54) is 27.5 Å². The van der Waals surface area contributed by atoms with Crippen LogP contribution in [-0.2, 0) is 17.3 Å². The molecule has 0 aromatic heterocycles. The Morgan fingerprint density at radius 2 is 1.38 bits per heavy atom. The van der Waals surface area contributed by atoms with E-state index in [0.717, 1.165) is 12.0 Å². The van der Waals surface area contributed by atoms with Crippen LogP contribution in [0, 0.1) is 0 Å². The Morgan fingerprint density at radius 3 is 1.90 bits per heavy atom. The van der Waals surface area contributed by atoms with E-state index >= 15 is 0 Å². The molecule has 0 amide bonds. The summed E-state index contributed by atoms with van der Waals surface area (Å²) in [6.45, 7) is 13.5.